The first-order valence-electron chi connectivity index (χ1n) is 9.52. The second-order valence-electron chi connectivity index (χ2n) is 6.56. The third-order valence-electron chi connectivity index (χ3n) is 4.45. The number of nitrogens with zero attached hydrogens (tertiary/aromatic N) is 2. The summed E-state index contributed by atoms with van der Waals surface area (Å²) in [6, 6.07) is 13.1. The van der Waals surface area contributed by atoms with E-state index in [4.69, 9.17) is 0 Å². The molecule has 3 aromatic heterocycles. The van der Waals surface area contributed by atoms with Crippen LogP contribution in [0.2, 0.25) is 0 Å². The predicted molar refractivity (Wildman–Crippen MR) is 130 cm³/mol. The highest BCUT2D eigenvalue weighted by Crippen LogP contribution is 2.32. The summed E-state index contributed by atoms with van der Waals surface area (Å²) in [5.41, 5.74) is 6.37. The van der Waals surface area contributed by atoms with Crippen LogP contribution in [0.15, 0.2) is 75.8 Å². The Labute approximate surface area is 195 Å². The molecule has 162 valence electrons. The maximum absolute atomic E-state index is 13.3. The molecule has 0 spiro atoms. The Morgan fingerprint density at radius 3 is 2.66 bits per heavy atom. The van der Waals surface area contributed by atoms with Gasteiger partial charge in [0.25, 0.3) is 11.5 Å². The highest BCUT2D eigenvalue weighted by Gasteiger charge is 2.18. The summed E-state index contributed by atoms with van der Waals surface area (Å²) in [4.78, 5) is 43.2. The monoisotopic (exact) mass is 482 g/mol. The van der Waals surface area contributed by atoms with Gasteiger partial charge < -0.3 is 0 Å². The molecule has 0 saturated heterocycles. The summed E-state index contributed by atoms with van der Waals surface area (Å²) in [6.45, 7) is 4.00. The molecule has 0 bridgehead atoms. The molecule has 0 saturated carbocycles. The first-order chi connectivity index (χ1) is 15.6. The third-order valence-corrected chi connectivity index (χ3v) is 7.17. The minimum Gasteiger partial charge on any atom is -0.283 e. The molecule has 10 heteroatoms. The van der Waals surface area contributed by atoms with Crippen LogP contribution in [0.3, 0.4) is 0 Å². The van der Waals surface area contributed by atoms with Gasteiger partial charge in [-0.15, -0.1) is 29.3 Å². The molecule has 7 nitrogen and oxygen atoms in total. The highest BCUT2D eigenvalue weighted by atomic mass is 32.2. The summed E-state index contributed by atoms with van der Waals surface area (Å²) in [7, 11) is 0. The van der Waals surface area contributed by atoms with Gasteiger partial charge in [-0.1, -0.05) is 54.2 Å². The lowest BCUT2D eigenvalue weighted by Gasteiger charge is -2.11. The number of amides is 2. The van der Waals surface area contributed by atoms with Gasteiger partial charge in [0.2, 0.25) is 5.91 Å². The number of benzene rings is 1. The molecule has 0 aliphatic carbocycles. The lowest BCUT2D eigenvalue weighted by atomic mass is 10.1. The Bertz CT molecular complexity index is 1330. The Kier molecular flexibility index (Phi) is 6.84. The van der Waals surface area contributed by atoms with E-state index in [0.717, 1.165) is 22.9 Å². The van der Waals surface area contributed by atoms with E-state index in [2.05, 4.69) is 22.4 Å². The number of hydrogen-bond donors (Lipinski definition) is 2. The summed E-state index contributed by atoms with van der Waals surface area (Å²) in [5.74, 6) is -0.805. The average Bonchev–Trinajstić information content (AvgIpc) is 3.49. The van der Waals surface area contributed by atoms with Crippen LogP contribution in [0.25, 0.3) is 21.3 Å². The van der Waals surface area contributed by atoms with E-state index in [1.807, 2.05) is 35.7 Å². The van der Waals surface area contributed by atoms with Crippen molar-refractivity contribution in [2.24, 2.45) is 0 Å². The predicted octanol–water partition coefficient (Wildman–Crippen LogP) is 3.93. The van der Waals surface area contributed by atoms with Crippen molar-refractivity contribution in [3.8, 4) is 11.1 Å². The van der Waals surface area contributed by atoms with Crippen LogP contribution in [0.1, 0.15) is 9.67 Å². The fourth-order valence-corrected chi connectivity index (χ4v) is 5.41. The molecular formula is C22H18N4O3S3. The van der Waals surface area contributed by atoms with Crippen LogP contribution in [-0.2, 0) is 11.3 Å². The van der Waals surface area contributed by atoms with Crippen LogP contribution in [0.4, 0.5) is 0 Å². The van der Waals surface area contributed by atoms with Crippen LogP contribution in [0.5, 0.6) is 0 Å². The Morgan fingerprint density at radius 2 is 1.94 bits per heavy atom. The number of carbonyl (C=O) groups is 2. The molecule has 32 heavy (non-hydrogen) atoms. The molecule has 0 radical (unpaired) electrons. The largest absolute Gasteiger partial charge is 0.283 e. The van der Waals surface area contributed by atoms with Crippen LogP contribution in [-0.4, -0.2) is 27.1 Å². The zero-order valence-electron chi connectivity index (χ0n) is 16.7. The van der Waals surface area contributed by atoms with Crippen LogP contribution >= 0.6 is 34.4 Å². The standard InChI is InChI=1S/C22H18N4O3S3/c1-2-10-26-21(29)18-15(14-7-4-3-5-8-14)12-31-20(18)23-22(26)32-13-17(27)24-25-19(28)16-9-6-11-30-16/h2-9,11-12H,1,10,13H2,(H,24,27)(H,25,28). The molecule has 4 rings (SSSR count). The number of allylic oxidation sites excluding steroid dienone is 1. The van der Waals surface area contributed by atoms with Gasteiger partial charge in [0.15, 0.2) is 5.16 Å². The van der Waals surface area contributed by atoms with Gasteiger partial charge in [0.05, 0.1) is 16.0 Å². The van der Waals surface area contributed by atoms with Crippen molar-refractivity contribution in [2.75, 3.05) is 5.75 Å². The molecule has 0 aliphatic rings. The molecule has 4 aromatic rings. The second kappa shape index (κ2) is 9.94. The summed E-state index contributed by atoms with van der Waals surface area (Å²) in [6.07, 6.45) is 1.62. The Balaban J connectivity index is 1.54. The van der Waals surface area contributed by atoms with Crippen molar-refractivity contribution in [2.45, 2.75) is 11.7 Å². The van der Waals surface area contributed by atoms with Gasteiger partial charge >= 0.3 is 0 Å². The average molecular weight is 483 g/mol. The molecule has 2 amide bonds. The van der Waals surface area contributed by atoms with Crippen LogP contribution in [0, 0.1) is 0 Å². The first kappa shape index (κ1) is 22.0. The summed E-state index contributed by atoms with van der Waals surface area (Å²) in [5, 5.41) is 4.68. The molecule has 3 heterocycles. The number of hydrogen-bond acceptors (Lipinski definition) is 7. The Hall–Kier alpha value is -3.21. The zero-order valence-corrected chi connectivity index (χ0v) is 19.2. The van der Waals surface area contributed by atoms with Gasteiger partial charge in [0, 0.05) is 17.5 Å². The molecule has 0 fully saturated rings. The number of nitrogens with one attached hydrogen (secondary N) is 2. The number of fused-ring (bicyclic) bond motifs is 1. The fraction of sp³-hybridized carbons (Fsp3) is 0.0909. The van der Waals surface area contributed by atoms with E-state index in [1.54, 1.807) is 23.6 Å². The quantitative estimate of drug-likeness (QED) is 0.180. The van der Waals surface area contributed by atoms with Crippen molar-refractivity contribution in [1.29, 1.82) is 0 Å². The molecule has 0 aliphatic heterocycles. The third kappa shape index (κ3) is 4.67. The van der Waals surface area contributed by atoms with Gasteiger partial charge in [0.1, 0.15) is 4.83 Å². The van der Waals surface area contributed by atoms with E-state index in [0.29, 0.717) is 20.3 Å². The van der Waals surface area contributed by atoms with Crippen molar-refractivity contribution >= 4 is 56.5 Å². The van der Waals surface area contributed by atoms with Gasteiger partial charge in [-0.3, -0.25) is 29.8 Å². The number of carbonyl (C=O) groups excluding carboxylic acids is 2. The number of rotatable bonds is 7. The highest BCUT2D eigenvalue weighted by molar-refractivity contribution is 7.99. The smallest absolute Gasteiger partial charge is 0.279 e. The molecular weight excluding hydrogens is 464 g/mol. The lowest BCUT2D eigenvalue weighted by Crippen LogP contribution is -2.42. The van der Waals surface area contributed by atoms with Crippen molar-refractivity contribution in [1.82, 2.24) is 20.4 Å². The van der Waals surface area contributed by atoms with Crippen molar-refractivity contribution < 1.29 is 9.59 Å². The van der Waals surface area contributed by atoms with Gasteiger partial charge in [-0.25, -0.2) is 4.98 Å². The SMILES string of the molecule is C=CCn1c(SCC(=O)NNC(=O)c2cccs2)nc2scc(-c3ccccc3)c2c1=O. The minimum absolute atomic E-state index is 0.0171. The molecule has 0 unspecified atom stereocenters. The van der Waals surface area contributed by atoms with Crippen molar-refractivity contribution in [3.63, 3.8) is 0 Å². The summed E-state index contributed by atoms with van der Waals surface area (Å²) < 4.78 is 1.51. The Morgan fingerprint density at radius 1 is 1.12 bits per heavy atom. The summed E-state index contributed by atoms with van der Waals surface area (Å²) >= 11 is 3.80. The van der Waals surface area contributed by atoms with Crippen molar-refractivity contribution in [3.05, 3.63) is 81.1 Å². The van der Waals surface area contributed by atoms with E-state index >= 15 is 0 Å². The van der Waals surface area contributed by atoms with E-state index in [-0.39, 0.29) is 23.8 Å². The maximum atomic E-state index is 13.3. The fourth-order valence-electron chi connectivity index (χ4n) is 3.00. The van der Waals surface area contributed by atoms with Crippen LogP contribution < -0.4 is 16.4 Å². The normalized spacial score (nSPS) is 10.8. The number of aromatic nitrogens is 2. The van der Waals surface area contributed by atoms with E-state index < -0.39 is 5.91 Å². The topological polar surface area (TPSA) is 93.1 Å². The molecule has 0 atom stereocenters. The van der Waals surface area contributed by atoms with E-state index in [1.165, 1.54) is 27.2 Å². The minimum atomic E-state index is -0.407. The zero-order chi connectivity index (χ0) is 22.5. The first-order valence-corrected chi connectivity index (χ1v) is 12.3. The van der Waals surface area contributed by atoms with Gasteiger partial charge in [-0.2, -0.15) is 0 Å². The lowest BCUT2D eigenvalue weighted by molar-refractivity contribution is -0.119. The maximum Gasteiger partial charge on any atom is 0.279 e. The van der Waals surface area contributed by atoms with E-state index in [9.17, 15) is 14.4 Å². The van der Waals surface area contributed by atoms with Gasteiger partial charge in [-0.05, 0) is 17.0 Å². The number of thioether (sulfide) groups is 1. The molecule has 2 N–H and O–H groups in total. The number of hydrazine groups is 1. The molecule has 1 aromatic carbocycles. The number of thiophene rings is 2. The second-order valence-corrected chi connectivity index (χ2v) is 9.31.